The van der Waals surface area contributed by atoms with E-state index in [9.17, 15) is 9.59 Å². The highest BCUT2D eigenvalue weighted by Crippen LogP contribution is 2.10. The zero-order valence-electron chi connectivity index (χ0n) is 11.7. The molecule has 0 saturated heterocycles. The molecular formula is C16H18N2O2. The Morgan fingerprint density at radius 2 is 1.95 bits per heavy atom. The molecule has 0 bridgehead atoms. The second-order valence-corrected chi connectivity index (χ2v) is 4.87. The highest BCUT2D eigenvalue weighted by atomic mass is 16.2. The van der Waals surface area contributed by atoms with Gasteiger partial charge in [0.15, 0.2) is 0 Å². The van der Waals surface area contributed by atoms with Crippen molar-refractivity contribution >= 4 is 5.91 Å². The van der Waals surface area contributed by atoms with Gasteiger partial charge in [0.2, 0.25) is 5.91 Å². The summed E-state index contributed by atoms with van der Waals surface area (Å²) in [6.45, 7) is 3.81. The number of nitrogens with zero attached hydrogens (tertiary/aromatic N) is 1. The second kappa shape index (κ2) is 6.19. The van der Waals surface area contributed by atoms with Gasteiger partial charge in [-0.1, -0.05) is 30.3 Å². The summed E-state index contributed by atoms with van der Waals surface area (Å²) in [6, 6.07) is 13.0. The van der Waals surface area contributed by atoms with E-state index in [4.69, 9.17) is 0 Å². The van der Waals surface area contributed by atoms with Gasteiger partial charge in [0.25, 0.3) is 5.56 Å². The lowest BCUT2D eigenvalue weighted by Crippen LogP contribution is -2.33. The zero-order chi connectivity index (χ0) is 14.5. The maximum absolute atomic E-state index is 12.0. The lowest BCUT2D eigenvalue weighted by Gasteiger charge is -2.14. The summed E-state index contributed by atoms with van der Waals surface area (Å²) >= 11 is 0. The summed E-state index contributed by atoms with van der Waals surface area (Å²) in [5.74, 6) is -0.174. The molecule has 4 nitrogen and oxygen atoms in total. The molecule has 1 amide bonds. The second-order valence-electron chi connectivity index (χ2n) is 4.87. The number of nitrogens with one attached hydrogen (secondary N) is 1. The van der Waals surface area contributed by atoms with Crippen molar-refractivity contribution < 1.29 is 4.79 Å². The molecule has 0 unspecified atom stereocenters. The minimum atomic E-state index is -0.174. The van der Waals surface area contributed by atoms with Crippen molar-refractivity contribution in [3.8, 4) is 0 Å². The van der Waals surface area contributed by atoms with Gasteiger partial charge in [0.1, 0.15) is 6.54 Å². The molecular weight excluding hydrogens is 252 g/mol. The highest BCUT2D eigenvalue weighted by molar-refractivity contribution is 5.76. The predicted molar refractivity (Wildman–Crippen MR) is 78.4 cm³/mol. The zero-order valence-corrected chi connectivity index (χ0v) is 11.7. The average molecular weight is 270 g/mol. The first-order valence-electron chi connectivity index (χ1n) is 6.57. The van der Waals surface area contributed by atoms with Crippen LogP contribution in [0.2, 0.25) is 0 Å². The van der Waals surface area contributed by atoms with Crippen LogP contribution in [0.4, 0.5) is 0 Å². The quantitative estimate of drug-likeness (QED) is 0.924. The maximum atomic E-state index is 12.0. The summed E-state index contributed by atoms with van der Waals surface area (Å²) in [4.78, 5) is 23.7. The van der Waals surface area contributed by atoms with E-state index >= 15 is 0 Å². The van der Waals surface area contributed by atoms with Gasteiger partial charge in [-0.05, 0) is 31.0 Å². The number of hydrogen-bond acceptors (Lipinski definition) is 2. The molecule has 20 heavy (non-hydrogen) atoms. The Hall–Kier alpha value is -2.36. The molecule has 0 saturated carbocycles. The number of rotatable bonds is 4. The first kappa shape index (κ1) is 14.1. The summed E-state index contributed by atoms with van der Waals surface area (Å²) < 4.78 is 1.40. The molecule has 1 heterocycles. The van der Waals surface area contributed by atoms with Gasteiger partial charge in [0.05, 0.1) is 6.04 Å². The number of aromatic nitrogens is 1. The van der Waals surface area contributed by atoms with E-state index in [1.807, 2.05) is 50.2 Å². The van der Waals surface area contributed by atoms with Crippen molar-refractivity contribution in [2.24, 2.45) is 0 Å². The van der Waals surface area contributed by atoms with Crippen molar-refractivity contribution in [1.82, 2.24) is 9.88 Å². The number of aryl methyl sites for hydroxylation is 1. The fraction of sp³-hybridized carbons (Fsp3) is 0.250. The SMILES string of the molecule is Cc1ccn(CC(=O)N[C@H](C)c2ccccc2)c(=O)c1. The molecule has 0 radical (unpaired) electrons. The number of pyridine rings is 1. The first-order chi connectivity index (χ1) is 9.56. The van der Waals surface area contributed by atoms with Gasteiger partial charge in [-0.2, -0.15) is 0 Å². The summed E-state index contributed by atoms with van der Waals surface area (Å²) in [7, 11) is 0. The summed E-state index contributed by atoms with van der Waals surface area (Å²) in [5, 5.41) is 2.89. The lowest BCUT2D eigenvalue weighted by molar-refractivity contribution is -0.122. The van der Waals surface area contributed by atoms with Crippen molar-refractivity contribution in [2.45, 2.75) is 26.4 Å². The Morgan fingerprint density at radius 3 is 2.60 bits per heavy atom. The molecule has 1 aromatic heterocycles. The molecule has 104 valence electrons. The summed E-state index contributed by atoms with van der Waals surface area (Å²) in [6.07, 6.45) is 1.64. The molecule has 0 spiro atoms. The molecule has 0 aliphatic carbocycles. The van der Waals surface area contributed by atoms with Crippen molar-refractivity contribution in [1.29, 1.82) is 0 Å². The van der Waals surface area contributed by atoms with E-state index in [0.717, 1.165) is 11.1 Å². The van der Waals surface area contributed by atoms with Crippen molar-refractivity contribution in [2.75, 3.05) is 0 Å². The van der Waals surface area contributed by atoms with E-state index in [-0.39, 0.29) is 24.1 Å². The minimum Gasteiger partial charge on any atom is -0.348 e. The largest absolute Gasteiger partial charge is 0.348 e. The van der Waals surface area contributed by atoms with Crippen molar-refractivity contribution in [3.05, 3.63) is 70.1 Å². The van der Waals surface area contributed by atoms with Gasteiger partial charge < -0.3 is 9.88 Å². The molecule has 2 rings (SSSR count). The van der Waals surface area contributed by atoms with Gasteiger partial charge in [-0.15, -0.1) is 0 Å². The van der Waals surface area contributed by atoms with Crippen LogP contribution in [0.3, 0.4) is 0 Å². The van der Waals surface area contributed by atoms with Crippen LogP contribution in [0.1, 0.15) is 24.1 Å². The molecule has 1 atom stereocenters. The monoisotopic (exact) mass is 270 g/mol. The van der Waals surface area contributed by atoms with Gasteiger partial charge in [-0.3, -0.25) is 9.59 Å². The minimum absolute atomic E-state index is 0.0380. The van der Waals surface area contributed by atoms with E-state index in [1.54, 1.807) is 6.20 Å². The van der Waals surface area contributed by atoms with E-state index in [1.165, 1.54) is 10.6 Å². The van der Waals surface area contributed by atoms with Crippen LogP contribution in [0.25, 0.3) is 0 Å². The molecule has 0 aliphatic rings. The van der Waals surface area contributed by atoms with Crippen LogP contribution in [-0.2, 0) is 11.3 Å². The molecule has 2 aromatic rings. The third-order valence-electron chi connectivity index (χ3n) is 3.14. The molecule has 1 N–H and O–H groups in total. The average Bonchev–Trinajstić information content (AvgIpc) is 2.43. The third kappa shape index (κ3) is 3.57. The van der Waals surface area contributed by atoms with Crippen LogP contribution in [0, 0.1) is 6.92 Å². The van der Waals surface area contributed by atoms with Gasteiger partial charge in [-0.25, -0.2) is 0 Å². The number of carbonyl (C=O) groups is 1. The predicted octanol–water partition coefficient (Wildman–Crippen LogP) is 2.03. The standard InChI is InChI=1S/C16H18N2O2/c1-12-8-9-18(16(20)10-12)11-15(19)17-13(2)14-6-4-3-5-7-14/h3-10,13H,11H2,1-2H3,(H,17,19)/t13-/m1/s1. The van der Waals surface area contributed by atoms with Gasteiger partial charge >= 0.3 is 0 Å². The Kier molecular flexibility index (Phi) is 4.35. The van der Waals surface area contributed by atoms with Gasteiger partial charge in [0, 0.05) is 12.3 Å². The normalized spacial score (nSPS) is 11.9. The lowest BCUT2D eigenvalue weighted by atomic mass is 10.1. The van der Waals surface area contributed by atoms with Crippen molar-refractivity contribution in [3.63, 3.8) is 0 Å². The van der Waals surface area contributed by atoms with E-state index < -0.39 is 0 Å². The Bertz CT molecular complexity index is 647. The highest BCUT2D eigenvalue weighted by Gasteiger charge is 2.10. The first-order valence-corrected chi connectivity index (χ1v) is 6.57. The van der Waals surface area contributed by atoms with Crippen LogP contribution in [0.5, 0.6) is 0 Å². The van der Waals surface area contributed by atoms with E-state index in [2.05, 4.69) is 5.32 Å². The number of hydrogen-bond donors (Lipinski definition) is 1. The third-order valence-corrected chi connectivity index (χ3v) is 3.14. The van der Waals surface area contributed by atoms with Crippen LogP contribution in [-0.4, -0.2) is 10.5 Å². The summed E-state index contributed by atoms with van der Waals surface area (Å²) in [5.41, 5.74) is 1.77. The van der Waals surface area contributed by atoms with Crippen LogP contribution < -0.4 is 10.9 Å². The number of carbonyl (C=O) groups excluding carboxylic acids is 1. The maximum Gasteiger partial charge on any atom is 0.251 e. The Balaban J connectivity index is 2.01. The fourth-order valence-electron chi connectivity index (χ4n) is 2.00. The smallest absolute Gasteiger partial charge is 0.251 e. The fourth-order valence-corrected chi connectivity index (χ4v) is 2.00. The topological polar surface area (TPSA) is 51.1 Å². The molecule has 4 heteroatoms. The molecule has 1 aromatic carbocycles. The number of benzene rings is 1. The Labute approximate surface area is 118 Å². The Morgan fingerprint density at radius 1 is 1.25 bits per heavy atom. The number of amides is 1. The van der Waals surface area contributed by atoms with Crippen LogP contribution >= 0.6 is 0 Å². The van der Waals surface area contributed by atoms with Crippen LogP contribution in [0.15, 0.2) is 53.5 Å². The molecule has 0 fully saturated rings. The molecule has 0 aliphatic heterocycles. The van der Waals surface area contributed by atoms with E-state index in [0.29, 0.717) is 0 Å².